The van der Waals surface area contributed by atoms with E-state index in [-0.39, 0.29) is 0 Å². The summed E-state index contributed by atoms with van der Waals surface area (Å²) in [5.41, 5.74) is 9.31. The molecule has 0 aliphatic carbocycles. The minimum Gasteiger partial charge on any atom is -0.496 e. The molecule has 0 bridgehead atoms. The van der Waals surface area contributed by atoms with Crippen LogP contribution >= 0.6 is 0 Å². The zero-order valence-electron chi connectivity index (χ0n) is 13.6. The first-order chi connectivity index (χ1) is 10.6. The van der Waals surface area contributed by atoms with E-state index in [0.29, 0.717) is 6.54 Å². The number of nitrogens with zero attached hydrogens (tertiary/aromatic N) is 1. The van der Waals surface area contributed by atoms with Crippen LogP contribution in [0.1, 0.15) is 36.5 Å². The average Bonchev–Trinajstić information content (AvgIpc) is 2.52. The van der Waals surface area contributed by atoms with Gasteiger partial charge in [-0.25, -0.2) is 8.93 Å². The fourth-order valence-electron chi connectivity index (χ4n) is 2.99. The molecule has 0 atom stereocenters. The quantitative estimate of drug-likeness (QED) is 0.783. The molecule has 2 rings (SSSR count). The van der Waals surface area contributed by atoms with E-state index in [1.54, 1.807) is 7.11 Å². The first kappa shape index (κ1) is 17.1. The molecule has 1 N–H and O–H groups in total. The van der Waals surface area contributed by atoms with Crippen LogP contribution in [0.15, 0.2) is 12.1 Å². The molecular weight excluding hydrogens is 296 g/mol. The molecule has 0 saturated heterocycles. The minimum absolute atomic E-state index is 0.713. The second-order valence-electron chi connectivity index (χ2n) is 5.71. The number of hydrogen-bond acceptors (Lipinski definition) is 3. The van der Waals surface area contributed by atoms with Crippen molar-refractivity contribution in [3.8, 4) is 11.4 Å². The standard InChI is InChI=1S/C17H26N2O2S/c1-4-14-11-16-13-19(9-6-5-8-18-22(3)20)10-7-15(16)12-17(14)21-2/h3,11-12H,4-10,13H2,1-2H3,(H,18,20). The fourth-order valence-corrected chi connectivity index (χ4v) is 3.33. The first-order valence-corrected chi connectivity index (χ1v) is 9.16. The van der Waals surface area contributed by atoms with Crippen LogP contribution in [0.5, 0.6) is 5.75 Å². The lowest BCUT2D eigenvalue weighted by atomic mass is 9.95. The highest BCUT2D eigenvalue weighted by Crippen LogP contribution is 2.28. The second kappa shape index (κ2) is 8.39. The lowest BCUT2D eigenvalue weighted by Gasteiger charge is -2.29. The Balaban J connectivity index is 1.88. The van der Waals surface area contributed by atoms with Gasteiger partial charge in [0.25, 0.3) is 0 Å². The SMILES string of the molecule is C#S(=O)NCCCCN1CCc2cc(OC)c(CC)cc2C1. The maximum absolute atomic E-state index is 10.7. The summed E-state index contributed by atoms with van der Waals surface area (Å²) in [6, 6.07) is 4.52. The molecule has 0 aromatic heterocycles. The monoisotopic (exact) mass is 322 g/mol. The van der Waals surface area contributed by atoms with Crippen LogP contribution < -0.4 is 9.46 Å². The van der Waals surface area contributed by atoms with Crippen molar-refractivity contribution in [1.29, 1.82) is 0 Å². The van der Waals surface area contributed by atoms with Gasteiger partial charge in [0.15, 0.2) is 0 Å². The van der Waals surface area contributed by atoms with Crippen LogP contribution in [0, 0.1) is 5.69 Å². The van der Waals surface area contributed by atoms with Crippen LogP contribution in [0.2, 0.25) is 0 Å². The van der Waals surface area contributed by atoms with Crippen LogP contribution in [-0.2, 0) is 29.8 Å². The van der Waals surface area contributed by atoms with Crippen molar-refractivity contribution in [3.05, 3.63) is 28.8 Å². The second-order valence-corrected chi connectivity index (χ2v) is 6.59. The zero-order chi connectivity index (χ0) is 15.9. The van der Waals surface area contributed by atoms with Gasteiger partial charge < -0.3 is 4.74 Å². The van der Waals surface area contributed by atoms with Gasteiger partial charge in [-0.05, 0) is 55.0 Å². The molecule has 0 fully saturated rings. The molecule has 122 valence electrons. The number of unbranched alkanes of at least 4 members (excludes halogenated alkanes) is 1. The molecule has 0 unspecified atom stereocenters. The van der Waals surface area contributed by atoms with E-state index in [4.69, 9.17) is 10.4 Å². The van der Waals surface area contributed by atoms with E-state index < -0.39 is 10.4 Å². The molecule has 5 heteroatoms. The molecular formula is C17H26N2O2S. The van der Waals surface area contributed by atoms with Gasteiger partial charge in [-0.3, -0.25) is 4.90 Å². The van der Waals surface area contributed by atoms with Gasteiger partial charge in [-0.15, -0.1) is 0 Å². The molecule has 1 aromatic carbocycles. The molecule has 22 heavy (non-hydrogen) atoms. The van der Waals surface area contributed by atoms with Gasteiger partial charge >= 0.3 is 0 Å². The van der Waals surface area contributed by atoms with Gasteiger partial charge in [-0.2, -0.15) is 0 Å². The summed E-state index contributed by atoms with van der Waals surface area (Å²) in [4.78, 5) is 2.49. The molecule has 0 radical (unpaired) electrons. The Bertz CT molecular complexity index is 625. The molecule has 1 heterocycles. The lowest BCUT2D eigenvalue weighted by Crippen LogP contribution is -2.31. The Morgan fingerprint density at radius 2 is 2.18 bits per heavy atom. The van der Waals surface area contributed by atoms with Crippen molar-refractivity contribution in [2.45, 2.75) is 39.2 Å². The highest BCUT2D eigenvalue weighted by molar-refractivity contribution is 7.71. The van der Waals surface area contributed by atoms with E-state index >= 15 is 0 Å². The third-order valence-electron chi connectivity index (χ3n) is 4.22. The lowest BCUT2D eigenvalue weighted by molar-refractivity contribution is 0.248. The van der Waals surface area contributed by atoms with Crippen LogP contribution in [0.4, 0.5) is 0 Å². The van der Waals surface area contributed by atoms with Crippen LogP contribution in [0.25, 0.3) is 0 Å². The van der Waals surface area contributed by atoms with E-state index in [2.05, 4.69) is 28.7 Å². The molecule has 1 aliphatic heterocycles. The fraction of sp³-hybridized carbons (Fsp3) is 0.588. The summed E-state index contributed by atoms with van der Waals surface area (Å²) in [5, 5.41) is 0. The summed E-state index contributed by atoms with van der Waals surface area (Å²) in [7, 11) is 0.362. The predicted molar refractivity (Wildman–Crippen MR) is 91.7 cm³/mol. The first-order valence-electron chi connectivity index (χ1n) is 7.94. The van der Waals surface area contributed by atoms with Gasteiger partial charge in [0.1, 0.15) is 5.75 Å². The Morgan fingerprint density at radius 1 is 1.36 bits per heavy atom. The molecule has 1 aliphatic rings. The average molecular weight is 322 g/mol. The van der Waals surface area contributed by atoms with E-state index in [1.807, 2.05) is 0 Å². The molecule has 0 saturated carbocycles. The number of hydrogen-bond donors (Lipinski definition) is 1. The van der Waals surface area contributed by atoms with Gasteiger partial charge in [0.05, 0.1) is 17.5 Å². The maximum Gasteiger partial charge on any atom is 0.122 e. The van der Waals surface area contributed by atoms with Crippen molar-refractivity contribution in [2.24, 2.45) is 0 Å². The Kier molecular flexibility index (Phi) is 6.52. The summed E-state index contributed by atoms with van der Waals surface area (Å²) in [6.45, 7) is 6.07. The number of fused-ring (bicyclic) bond motifs is 1. The van der Waals surface area contributed by atoms with Gasteiger partial charge in [-0.1, -0.05) is 18.7 Å². The Morgan fingerprint density at radius 3 is 2.86 bits per heavy atom. The maximum atomic E-state index is 10.7. The van der Waals surface area contributed by atoms with Crippen molar-refractivity contribution >= 4 is 10.4 Å². The highest BCUT2D eigenvalue weighted by Gasteiger charge is 2.18. The van der Waals surface area contributed by atoms with Gasteiger partial charge in [0, 0.05) is 19.6 Å². The normalized spacial score (nSPS) is 14.6. The smallest absolute Gasteiger partial charge is 0.122 e. The number of rotatable bonds is 7. The number of aryl methyl sites for hydroxylation is 1. The topological polar surface area (TPSA) is 41.6 Å². The Hall–Kier alpha value is -1.26. The Labute approximate surface area is 135 Å². The van der Waals surface area contributed by atoms with E-state index in [0.717, 1.165) is 51.1 Å². The summed E-state index contributed by atoms with van der Waals surface area (Å²) < 4.78 is 18.9. The van der Waals surface area contributed by atoms with E-state index in [9.17, 15) is 4.21 Å². The molecule has 0 amide bonds. The summed E-state index contributed by atoms with van der Waals surface area (Å²) in [6.07, 6.45) is 4.17. The number of ether oxygens (including phenoxy) is 1. The van der Waals surface area contributed by atoms with Crippen LogP contribution in [-0.4, -0.2) is 35.9 Å². The predicted octanol–water partition coefficient (Wildman–Crippen LogP) is 2.24. The highest BCUT2D eigenvalue weighted by atomic mass is 32.2. The minimum atomic E-state index is -1.39. The van der Waals surface area contributed by atoms with Crippen molar-refractivity contribution < 1.29 is 8.95 Å². The van der Waals surface area contributed by atoms with Crippen molar-refractivity contribution in [1.82, 2.24) is 9.62 Å². The number of benzene rings is 1. The largest absolute Gasteiger partial charge is 0.496 e. The van der Waals surface area contributed by atoms with E-state index in [1.165, 1.54) is 16.7 Å². The summed E-state index contributed by atoms with van der Waals surface area (Å²) >= 11 is 0. The molecule has 1 aromatic rings. The van der Waals surface area contributed by atoms with Crippen molar-refractivity contribution in [2.75, 3.05) is 26.7 Å². The zero-order valence-corrected chi connectivity index (χ0v) is 14.4. The summed E-state index contributed by atoms with van der Waals surface area (Å²) in [5.74, 6) is 1.02. The molecule has 0 spiro atoms. The molecule has 4 nitrogen and oxygen atoms in total. The van der Waals surface area contributed by atoms with Gasteiger partial charge in [0.2, 0.25) is 0 Å². The number of methoxy groups -OCH3 is 1. The third-order valence-corrected chi connectivity index (χ3v) is 4.71. The third kappa shape index (κ3) is 4.62. The van der Waals surface area contributed by atoms with Crippen LogP contribution in [0.3, 0.4) is 0 Å². The van der Waals surface area contributed by atoms with Crippen molar-refractivity contribution in [3.63, 3.8) is 0 Å². The number of nitrogens with one attached hydrogen (secondary N) is 1.